The highest BCUT2D eigenvalue weighted by Gasteiger charge is 2.21. The minimum absolute atomic E-state index is 0.0307. The second kappa shape index (κ2) is 10.0. The molecule has 0 saturated heterocycles. The summed E-state index contributed by atoms with van der Waals surface area (Å²) in [6.45, 7) is 0. The van der Waals surface area contributed by atoms with E-state index in [0.717, 1.165) is 0 Å². The van der Waals surface area contributed by atoms with Crippen molar-refractivity contribution in [3.63, 3.8) is 0 Å². The maximum Gasteiger partial charge on any atom is 0.139 e. The SMILES string of the molecule is Oc1c(Cl)cc(Cl)c(Cl)c1Cc1c(O)c(Cl)cc(Cl)c1Cl.Oc1ccccc1. The van der Waals surface area contributed by atoms with Gasteiger partial charge in [0.15, 0.2) is 0 Å². The summed E-state index contributed by atoms with van der Waals surface area (Å²) in [6, 6.07) is 11.3. The predicted molar refractivity (Wildman–Crippen MR) is 117 cm³/mol. The van der Waals surface area contributed by atoms with Crippen LogP contribution in [0, 0.1) is 0 Å². The Morgan fingerprint density at radius 1 is 0.571 bits per heavy atom. The zero-order chi connectivity index (χ0) is 21.0. The molecule has 0 spiro atoms. The van der Waals surface area contributed by atoms with Crippen LogP contribution < -0.4 is 0 Å². The molecule has 0 aliphatic carbocycles. The molecule has 3 aromatic rings. The first-order chi connectivity index (χ1) is 13.1. The summed E-state index contributed by atoms with van der Waals surface area (Å²) in [6.07, 6.45) is -0.0457. The van der Waals surface area contributed by atoms with Gasteiger partial charge in [-0.1, -0.05) is 87.8 Å². The first kappa shape index (κ1) is 23.1. The predicted octanol–water partition coefficient (Wildman–Crippen LogP) is 8.00. The average molecular weight is 501 g/mol. The molecule has 9 heteroatoms. The third-order valence-corrected chi connectivity index (χ3v) is 5.82. The molecular weight excluding hydrogens is 489 g/mol. The van der Waals surface area contributed by atoms with Crippen molar-refractivity contribution in [3.8, 4) is 17.2 Å². The van der Waals surface area contributed by atoms with Crippen LogP contribution in [0.4, 0.5) is 0 Å². The second-order valence-corrected chi connectivity index (χ2v) is 7.86. The van der Waals surface area contributed by atoms with E-state index in [1.165, 1.54) is 12.1 Å². The lowest BCUT2D eigenvalue weighted by molar-refractivity contribution is 0.463. The maximum absolute atomic E-state index is 10.0. The Bertz CT molecular complexity index is 879. The summed E-state index contributed by atoms with van der Waals surface area (Å²) in [7, 11) is 0. The molecule has 0 atom stereocenters. The fourth-order valence-electron chi connectivity index (χ4n) is 2.20. The summed E-state index contributed by atoms with van der Waals surface area (Å²) in [4.78, 5) is 0. The zero-order valence-electron chi connectivity index (χ0n) is 13.9. The molecule has 148 valence electrons. The fraction of sp³-hybridized carbons (Fsp3) is 0.0526. The molecule has 3 nitrogen and oxygen atoms in total. The summed E-state index contributed by atoms with van der Waals surface area (Å²) in [5.41, 5.74) is 0.425. The molecule has 0 aromatic heterocycles. The molecule has 3 rings (SSSR count). The monoisotopic (exact) mass is 498 g/mol. The van der Waals surface area contributed by atoms with E-state index in [4.69, 9.17) is 74.7 Å². The number of halogens is 6. The summed E-state index contributed by atoms with van der Waals surface area (Å²) < 4.78 is 0. The minimum atomic E-state index is -0.252. The number of phenolic OH excluding ortho intramolecular Hbond substituents is 3. The molecule has 0 unspecified atom stereocenters. The van der Waals surface area contributed by atoms with Gasteiger partial charge in [0, 0.05) is 17.5 Å². The number of aromatic hydroxyl groups is 3. The highest BCUT2D eigenvalue weighted by molar-refractivity contribution is 6.45. The van der Waals surface area contributed by atoms with E-state index in [9.17, 15) is 10.2 Å². The molecule has 0 fully saturated rings. The van der Waals surface area contributed by atoms with E-state index < -0.39 is 0 Å². The van der Waals surface area contributed by atoms with Crippen LogP contribution in [0.1, 0.15) is 11.1 Å². The normalized spacial score (nSPS) is 10.4. The molecule has 0 amide bonds. The first-order valence-electron chi connectivity index (χ1n) is 7.58. The standard InChI is InChI=1S/C13H6Cl6O2.C6H6O/c14-6-2-8(16)12(20)4(10(6)18)1-5-11(19)7(15)3-9(17)13(5)21;7-6-4-2-1-3-5-6/h2-3,20-21H,1H2;1-5,7H. The van der Waals surface area contributed by atoms with Crippen LogP contribution in [-0.2, 0) is 6.42 Å². The van der Waals surface area contributed by atoms with Gasteiger partial charge in [0.05, 0.1) is 30.1 Å². The van der Waals surface area contributed by atoms with E-state index in [-0.39, 0.29) is 59.2 Å². The van der Waals surface area contributed by atoms with Crippen molar-refractivity contribution in [2.24, 2.45) is 0 Å². The number of rotatable bonds is 2. The second-order valence-electron chi connectivity index (χ2n) is 5.48. The van der Waals surface area contributed by atoms with Crippen LogP contribution in [0.3, 0.4) is 0 Å². The number of phenols is 3. The summed E-state index contributed by atoms with van der Waals surface area (Å²) >= 11 is 35.7. The Balaban J connectivity index is 0.000000336. The van der Waals surface area contributed by atoms with Crippen LogP contribution >= 0.6 is 69.6 Å². The van der Waals surface area contributed by atoms with Gasteiger partial charge in [0.1, 0.15) is 17.2 Å². The lowest BCUT2D eigenvalue weighted by Crippen LogP contribution is -1.95. The van der Waals surface area contributed by atoms with Crippen molar-refractivity contribution >= 4 is 69.6 Å². The van der Waals surface area contributed by atoms with Crippen LogP contribution in [0.2, 0.25) is 30.1 Å². The van der Waals surface area contributed by atoms with Crippen molar-refractivity contribution in [1.29, 1.82) is 0 Å². The van der Waals surface area contributed by atoms with Crippen molar-refractivity contribution in [2.45, 2.75) is 6.42 Å². The van der Waals surface area contributed by atoms with Gasteiger partial charge in [-0.25, -0.2) is 0 Å². The van der Waals surface area contributed by atoms with Gasteiger partial charge in [-0.05, 0) is 24.3 Å². The number of para-hydroxylation sites is 1. The Morgan fingerprint density at radius 2 is 0.964 bits per heavy atom. The Morgan fingerprint density at radius 3 is 1.29 bits per heavy atom. The fourth-order valence-corrected chi connectivity index (χ4v) is 3.62. The number of benzene rings is 3. The van der Waals surface area contributed by atoms with Gasteiger partial charge in [0.25, 0.3) is 0 Å². The molecule has 0 radical (unpaired) electrons. The van der Waals surface area contributed by atoms with E-state index in [0.29, 0.717) is 5.75 Å². The van der Waals surface area contributed by atoms with Gasteiger partial charge >= 0.3 is 0 Å². The molecule has 0 bridgehead atoms. The van der Waals surface area contributed by atoms with Gasteiger partial charge in [-0.2, -0.15) is 0 Å². The lowest BCUT2D eigenvalue weighted by Gasteiger charge is -2.14. The lowest BCUT2D eigenvalue weighted by atomic mass is 10.0. The Labute approximate surface area is 191 Å². The molecular formula is C19H12Cl6O3. The minimum Gasteiger partial charge on any atom is -0.508 e. The quantitative estimate of drug-likeness (QED) is 0.312. The average Bonchev–Trinajstić information content (AvgIpc) is 2.65. The molecule has 0 aliphatic rings. The number of hydrogen-bond acceptors (Lipinski definition) is 3. The van der Waals surface area contributed by atoms with Gasteiger partial charge < -0.3 is 15.3 Å². The molecule has 28 heavy (non-hydrogen) atoms. The van der Waals surface area contributed by atoms with E-state index in [1.54, 1.807) is 24.3 Å². The highest BCUT2D eigenvalue weighted by Crippen LogP contribution is 2.44. The van der Waals surface area contributed by atoms with Crippen LogP contribution in [0.15, 0.2) is 42.5 Å². The molecule has 0 heterocycles. The van der Waals surface area contributed by atoms with E-state index >= 15 is 0 Å². The Kier molecular flexibility index (Phi) is 8.26. The molecule has 0 aliphatic heterocycles. The topological polar surface area (TPSA) is 60.7 Å². The summed E-state index contributed by atoms with van der Waals surface area (Å²) in [5, 5.41) is 29.3. The highest BCUT2D eigenvalue weighted by atomic mass is 35.5. The third kappa shape index (κ3) is 5.44. The van der Waals surface area contributed by atoms with Gasteiger partial charge in [0.2, 0.25) is 0 Å². The van der Waals surface area contributed by atoms with Crippen molar-refractivity contribution < 1.29 is 15.3 Å². The van der Waals surface area contributed by atoms with Crippen LogP contribution in [0.5, 0.6) is 17.2 Å². The van der Waals surface area contributed by atoms with Gasteiger partial charge in [-0.3, -0.25) is 0 Å². The smallest absolute Gasteiger partial charge is 0.139 e. The molecule has 3 aromatic carbocycles. The largest absolute Gasteiger partial charge is 0.508 e. The van der Waals surface area contributed by atoms with Gasteiger partial charge in [-0.15, -0.1) is 0 Å². The maximum atomic E-state index is 10.0. The van der Waals surface area contributed by atoms with E-state index in [2.05, 4.69) is 0 Å². The van der Waals surface area contributed by atoms with Crippen LogP contribution in [0.25, 0.3) is 0 Å². The third-order valence-electron chi connectivity index (χ3n) is 3.59. The number of hydrogen-bond donors (Lipinski definition) is 3. The van der Waals surface area contributed by atoms with E-state index in [1.807, 2.05) is 6.07 Å². The van der Waals surface area contributed by atoms with Crippen LogP contribution in [-0.4, -0.2) is 15.3 Å². The van der Waals surface area contributed by atoms with Crippen molar-refractivity contribution in [3.05, 3.63) is 83.7 Å². The summed E-state index contributed by atoms with van der Waals surface area (Å²) in [5.74, 6) is -0.183. The zero-order valence-corrected chi connectivity index (χ0v) is 18.4. The molecule has 0 saturated carbocycles. The van der Waals surface area contributed by atoms with Crippen molar-refractivity contribution in [1.82, 2.24) is 0 Å². The Hall–Kier alpha value is -1.20. The first-order valence-corrected chi connectivity index (χ1v) is 9.84. The van der Waals surface area contributed by atoms with Crippen molar-refractivity contribution in [2.75, 3.05) is 0 Å². The molecule has 3 N–H and O–H groups in total.